The van der Waals surface area contributed by atoms with Gasteiger partial charge in [0.05, 0.1) is 12.1 Å². The van der Waals surface area contributed by atoms with Crippen LogP contribution in [0.15, 0.2) is 54.6 Å². The van der Waals surface area contributed by atoms with Crippen molar-refractivity contribution in [1.29, 1.82) is 0 Å². The van der Waals surface area contributed by atoms with Crippen LogP contribution < -0.4 is 5.32 Å². The number of amides is 2. The molecular formula is C24H30N2O3. The summed E-state index contributed by atoms with van der Waals surface area (Å²) in [5, 5.41) is 2.93. The minimum Gasteiger partial charge on any atom is -0.378 e. The highest BCUT2D eigenvalue weighted by molar-refractivity contribution is 6.04. The van der Waals surface area contributed by atoms with Crippen molar-refractivity contribution >= 4 is 17.5 Å². The molecule has 2 aromatic rings. The van der Waals surface area contributed by atoms with Crippen molar-refractivity contribution in [2.45, 2.75) is 51.2 Å². The maximum atomic E-state index is 12.6. The lowest BCUT2D eigenvalue weighted by atomic mass is 10.0. The Bertz CT molecular complexity index is 816. The summed E-state index contributed by atoms with van der Waals surface area (Å²) in [6, 6.07) is 16.7. The van der Waals surface area contributed by atoms with Crippen LogP contribution in [0.2, 0.25) is 0 Å². The second-order valence-electron chi connectivity index (χ2n) is 7.65. The molecule has 1 fully saturated rings. The molecule has 0 spiro atoms. The molecule has 2 aromatic carbocycles. The van der Waals surface area contributed by atoms with E-state index >= 15 is 0 Å². The first-order chi connectivity index (χ1) is 14.0. The zero-order valence-corrected chi connectivity index (χ0v) is 17.3. The van der Waals surface area contributed by atoms with Crippen molar-refractivity contribution in [3.8, 4) is 0 Å². The lowest BCUT2D eigenvalue weighted by Crippen LogP contribution is -2.31. The van der Waals surface area contributed by atoms with Gasteiger partial charge in [-0.25, -0.2) is 0 Å². The number of rotatable bonds is 7. The number of carbonyl (C=O) groups is 2. The highest BCUT2D eigenvalue weighted by atomic mass is 16.5. The normalized spacial score (nSPS) is 17.4. The molecule has 5 heteroatoms. The van der Waals surface area contributed by atoms with Gasteiger partial charge in [0.2, 0.25) is 5.91 Å². The predicted octanol–water partition coefficient (Wildman–Crippen LogP) is 4.81. The molecule has 1 heterocycles. The summed E-state index contributed by atoms with van der Waals surface area (Å²) < 4.78 is 5.73. The van der Waals surface area contributed by atoms with E-state index in [4.69, 9.17) is 4.74 Å². The van der Waals surface area contributed by atoms with Crippen LogP contribution >= 0.6 is 0 Å². The Morgan fingerprint density at radius 2 is 1.93 bits per heavy atom. The molecule has 0 bridgehead atoms. The summed E-state index contributed by atoms with van der Waals surface area (Å²) in [6.45, 7) is 2.82. The van der Waals surface area contributed by atoms with Crippen molar-refractivity contribution < 1.29 is 14.3 Å². The van der Waals surface area contributed by atoms with E-state index in [2.05, 4.69) is 5.32 Å². The molecule has 0 radical (unpaired) electrons. The Morgan fingerprint density at radius 3 is 2.66 bits per heavy atom. The second-order valence-corrected chi connectivity index (χ2v) is 7.65. The van der Waals surface area contributed by atoms with Crippen LogP contribution in [0.25, 0.3) is 0 Å². The number of benzene rings is 2. The van der Waals surface area contributed by atoms with Gasteiger partial charge < -0.3 is 15.0 Å². The van der Waals surface area contributed by atoms with E-state index in [0.29, 0.717) is 12.0 Å². The van der Waals surface area contributed by atoms with Crippen LogP contribution in [0.1, 0.15) is 61.0 Å². The monoisotopic (exact) mass is 394 g/mol. The Kier molecular flexibility index (Phi) is 7.42. The van der Waals surface area contributed by atoms with E-state index in [1.54, 1.807) is 17.0 Å². The fraction of sp³-hybridized carbons (Fsp3) is 0.417. The van der Waals surface area contributed by atoms with Gasteiger partial charge in [0, 0.05) is 31.3 Å². The largest absolute Gasteiger partial charge is 0.378 e. The number of ether oxygens (including phenoxy) is 1. The van der Waals surface area contributed by atoms with Crippen LogP contribution in [0.3, 0.4) is 0 Å². The van der Waals surface area contributed by atoms with Crippen LogP contribution in [-0.2, 0) is 9.53 Å². The Labute approximate surface area is 173 Å². The van der Waals surface area contributed by atoms with Crippen LogP contribution in [0, 0.1) is 0 Å². The van der Waals surface area contributed by atoms with Gasteiger partial charge in [-0.1, -0.05) is 30.3 Å². The minimum atomic E-state index is -0.146. The molecule has 1 aliphatic heterocycles. The SMILES string of the molecule is C[C@@H](c1cccc(NC(=O)c2ccccc2)c1)N(C)C(=O)CC[C@H]1CCCCO1. The van der Waals surface area contributed by atoms with E-state index in [9.17, 15) is 9.59 Å². The Morgan fingerprint density at radius 1 is 1.14 bits per heavy atom. The number of anilines is 1. The van der Waals surface area contributed by atoms with E-state index in [0.717, 1.165) is 37.1 Å². The third-order valence-electron chi connectivity index (χ3n) is 5.59. The van der Waals surface area contributed by atoms with Gasteiger partial charge in [0.25, 0.3) is 5.91 Å². The molecule has 2 amide bonds. The fourth-order valence-electron chi connectivity index (χ4n) is 3.60. The van der Waals surface area contributed by atoms with E-state index < -0.39 is 0 Å². The lowest BCUT2D eigenvalue weighted by Gasteiger charge is -2.27. The molecule has 0 saturated carbocycles. The molecule has 3 rings (SSSR count). The number of hydrogen-bond acceptors (Lipinski definition) is 3. The van der Waals surface area contributed by atoms with Crippen molar-refractivity contribution in [3.63, 3.8) is 0 Å². The molecule has 1 N–H and O–H groups in total. The van der Waals surface area contributed by atoms with Gasteiger partial charge in [-0.05, 0) is 62.4 Å². The third-order valence-corrected chi connectivity index (χ3v) is 5.59. The van der Waals surface area contributed by atoms with Crippen LogP contribution in [0.4, 0.5) is 5.69 Å². The number of carbonyl (C=O) groups excluding carboxylic acids is 2. The van der Waals surface area contributed by atoms with Crippen molar-refractivity contribution in [2.24, 2.45) is 0 Å². The Hall–Kier alpha value is -2.66. The molecule has 2 atom stereocenters. The van der Waals surface area contributed by atoms with Gasteiger partial charge in [0.15, 0.2) is 0 Å². The standard InChI is InChI=1S/C24H30N2O3/c1-18(26(2)23(27)15-14-22-13-6-7-16-29-22)20-11-8-12-21(17-20)25-24(28)19-9-4-3-5-10-19/h3-5,8-12,17-18,22H,6-7,13-16H2,1-2H3,(H,25,28)/t18-,22+/m0/s1. The van der Waals surface area contributed by atoms with Crippen LogP contribution in [-0.4, -0.2) is 36.5 Å². The molecule has 0 aliphatic carbocycles. The van der Waals surface area contributed by atoms with E-state index in [1.165, 1.54) is 6.42 Å². The predicted molar refractivity (Wildman–Crippen MR) is 115 cm³/mol. The lowest BCUT2D eigenvalue weighted by molar-refractivity contribution is -0.132. The Balaban J connectivity index is 1.58. The average Bonchev–Trinajstić information content (AvgIpc) is 2.78. The summed E-state index contributed by atoms with van der Waals surface area (Å²) in [5.74, 6) is -0.0299. The summed E-state index contributed by atoms with van der Waals surface area (Å²) >= 11 is 0. The maximum Gasteiger partial charge on any atom is 0.255 e. The first-order valence-corrected chi connectivity index (χ1v) is 10.4. The smallest absolute Gasteiger partial charge is 0.255 e. The third kappa shape index (κ3) is 5.91. The van der Waals surface area contributed by atoms with E-state index in [-0.39, 0.29) is 24.0 Å². The minimum absolute atomic E-state index is 0.0802. The fourth-order valence-corrected chi connectivity index (χ4v) is 3.60. The molecule has 29 heavy (non-hydrogen) atoms. The quantitative estimate of drug-likeness (QED) is 0.733. The van der Waals surface area contributed by atoms with Gasteiger partial charge in [-0.3, -0.25) is 9.59 Å². The first kappa shape index (κ1) is 21.1. The highest BCUT2D eigenvalue weighted by Crippen LogP contribution is 2.24. The zero-order valence-electron chi connectivity index (χ0n) is 17.3. The highest BCUT2D eigenvalue weighted by Gasteiger charge is 2.21. The van der Waals surface area contributed by atoms with Crippen molar-refractivity contribution in [2.75, 3.05) is 19.0 Å². The number of hydrogen-bond donors (Lipinski definition) is 1. The first-order valence-electron chi connectivity index (χ1n) is 10.4. The van der Waals surface area contributed by atoms with Crippen molar-refractivity contribution in [3.05, 3.63) is 65.7 Å². The van der Waals surface area contributed by atoms with Crippen LogP contribution in [0.5, 0.6) is 0 Å². The topological polar surface area (TPSA) is 58.6 Å². The maximum absolute atomic E-state index is 12.6. The number of nitrogens with one attached hydrogen (secondary N) is 1. The summed E-state index contributed by atoms with van der Waals surface area (Å²) in [7, 11) is 1.84. The molecule has 1 saturated heterocycles. The van der Waals surface area contributed by atoms with E-state index in [1.807, 2.05) is 56.4 Å². The zero-order chi connectivity index (χ0) is 20.6. The molecular weight excluding hydrogens is 364 g/mol. The summed E-state index contributed by atoms with van der Waals surface area (Å²) in [6.07, 6.45) is 4.85. The van der Waals surface area contributed by atoms with Gasteiger partial charge in [0.1, 0.15) is 0 Å². The molecule has 0 aromatic heterocycles. The second kappa shape index (κ2) is 10.2. The average molecular weight is 395 g/mol. The molecule has 1 aliphatic rings. The van der Waals surface area contributed by atoms with Gasteiger partial charge in [-0.2, -0.15) is 0 Å². The van der Waals surface area contributed by atoms with Gasteiger partial charge in [-0.15, -0.1) is 0 Å². The van der Waals surface area contributed by atoms with Crippen molar-refractivity contribution in [1.82, 2.24) is 4.90 Å². The molecule has 5 nitrogen and oxygen atoms in total. The van der Waals surface area contributed by atoms with Gasteiger partial charge >= 0.3 is 0 Å². The summed E-state index contributed by atoms with van der Waals surface area (Å²) in [4.78, 5) is 26.8. The number of nitrogens with zero attached hydrogens (tertiary/aromatic N) is 1. The molecule has 0 unspecified atom stereocenters. The summed E-state index contributed by atoms with van der Waals surface area (Å²) in [5.41, 5.74) is 2.32. The molecule has 154 valence electrons.